The summed E-state index contributed by atoms with van der Waals surface area (Å²) in [4.78, 5) is 12.4. The van der Waals surface area contributed by atoms with Crippen molar-refractivity contribution in [1.29, 1.82) is 0 Å². The normalized spacial score (nSPS) is 20.1. The maximum Gasteiger partial charge on any atom is 0.162 e. The molecule has 0 saturated heterocycles. The van der Waals surface area contributed by atoms with Gasteiger partial charge in [0.15, 0.2) is 5.78 Å². The molecule has 2 aromatic rings. The third-order valence-corrected chi connectivity index (χ3v) is 3.99. The maximum absolute atomic E-state index is 12.9. The third-order valence-electron chi connectivity index (χ3n) is 3.99. The number of carbonyl (C=O) groups excluding carboxylic acids is 1. The summed E-state index contributed by atoms with van der Waals surface area (Å²) in [6.07, 6.45) is 4.42. The second kappa shape index (κ2) is 6.04. The second-order valence-electron chi connectivity index (χ2n) is 5.51. The molecule has 2 aromatic carbocycles. The van der Waals surface area contributed by atoms with E-state index in [1.807, 2.05) is 24.3 Å². The summed E-state index contributed by atoms with van der Waals surface area (Å²) < 4.78 is 12.9. The Balaban J connectivity index is 1.73. The summed E-state index contributed by atoms with van der Waals surface area (Å²) in [5, 5.41) is 0. The van der Waals surface area contributed by atoms with Crippen LogP contribution in [0.1, 0.15) is 24.0 Å². The minimum Gasteiger partial charge on any atom is -0.294 e. The van der Waals surface area contributed by atoms with E-state index in [1.54, 1.807) is 12.1 Å². The highest BCUT2D eigenvalue weighted by Gasteiger charge is 2.28. The first kappa shape index (κ1) is 13.7. The smallest absolute Gasteiger partial charge is 0.162 e. The van der Waals surface area contributed by atoms with Crippen molar-refractivity contribution in [3.8, 4) is 0 Å². The molecule has 21 heavy (non-hydrogen) atoms. The van der Waals surface area contributed by atoms with Gasteiger partial charge in [0.2, 0.25) is 0 Å². The van der Waals surface area contributed by atoms with E-state index in [0.29, 0.717) is 0 Å². The predicted molar refractivity (Wildman–Crippen MR) is 82.3 cm³/mol. The topological polar surface area (TPSA) is 17.1 Å². The number of rotatable bonds is 3. The van der Waals surface area contributed by atoms with Crippen LogP contribution in [0.3, 0.4) is 0 Å². The van der Waals surface area contributed by atoms with Gasteiger partial charge in [-0.25, -0.2) is 4.39 Å². The van der Waals surface area contributed by atoms with Gasteiger partial charge in [0.25, 0.3) is 0 Å². The Labute approximate surface area is 124 Å². The Morgan fingerprint density at radius 2 is 1.76 bits per heavy atom. The summed E-state index contributed by atoms with van der Waals surface area (Å²) >= 11 is 0. The van der Waals surface area contributed by atoms with Gasteiger partial charge in [-0.15, -0.1) is 0 Å². The van der Waals surface area contributed by atoms with E-state index in [4.69, 9.17) is 0 Å². The van der Waals surface area contributed by atoms with E-state index >= 15 is 0 Å². The molecule has 0 aliphatic heterocycles. The molecule has 0 spiro atoms. The van der Waals surface area contributed by atoms with Crippen LogP contribution >= 0.6 is 0 Å². The molecule has 0 amide bonds. The van der Waals surface area contributed by atoms with Crippen molar-refractivity contribution in [2.45, 2.75) is 19.3 Å². The highest BCUT2D eigenvalue weighted by atomic mass is 19.1. The first-order valence-corrected chi connectivity index (χ1v) is 7.26. The molecule has 1 nitrogen and oxygen atoms in total. The largest absolute Gasteiger partial charge is 0.294 e. The van der Waals surface area contributed by atoms with Gasteiger partial charge in [-0.3, -0.25) is 4.79 Å². The van der Waals surface area contributed by atoms with Gasteiger partial charge in [-0.05, 0) is 54.2 Å². The molecule has 1 fully saturated rings. The van der Waals surface area contributed by atoms with Gasteiger partial charge in [0.1, 0.15) is 5.82 Å². The van der Waals surface area contributed by atoms with Crippen molar-refractivity contribution in [2.75, 3.05) is 0 Å². The van der Waals surface area contributed by atoms with Crippen molar-refractivity contribution in [3.05, 3.63) is 77.1 Å². The number of hydrogen-bond donors (Lipinski definition) is 0. The lowest BCUT2D eigenvalue weighted by atomic mass is 9.96. The van der Waals surface area contributed by atoms with Crippen LogP contribution in [0, 0.1) is 11.7 Å². The predicted octanol–water partition coefficient (Wildman–Crippen LogP) is 4.43. The standard InChI is InChI=1S/C19H17FO/c20-18-10-6-15(7-11-18)13-17-9-8-16(19(17)21)12-14-4-2-1-3-5-14/h1-7,10-11,13,16H,8-9,12H2. The van der Waals surface area contributed by atoms with Crippen molar-refractivity contribution in [1.82, 2.24) is 0 Å². The monoisotopic (exact) mass is 280 g/mol. The Bertz CT molecular complexity index is 656. The SMILES string of the molecule is O=C1C(=Cc2ccc(F)cc2)CCC1Cc1ccccc1. The highest BCUT2D eigenvalue weighted by molar-refractivity contribution is 6.03. The molecule has 0 bridgehead atoms. The van der Waals surface area contributed by atoms with Gasteiger partial charge >= 0.3 is 0 Å². The molecule has 1 atom stereocenters. The summed E-state index contributed by atoms with van der Waals surface area (Å²) in [6.45, 7) is 0. The van der Waals surface area contributed by atoms with Gasteiger partial charge in [0, 0.05) is 5.92 Å². The van der Waals surface area contributed by atoms with Crippen LogP contribution in [0.2, 0.25) is 0 Å². The number of benzene rings is 2. The Morgan fingerprint density at radius 3 is 2.48 bits per heavy atom. The van der Waals surface area contributed by atoms with Gasteiger partial charge < -0.3 is 0 Å². The quantitative estimate of drug-likeness (QED) is 0.760. The number of halogens is 1. The van der Waals surface area contributed by atoms with E-state index in [-0.39, 0.29) is 17.5 Å². The van der Waals surface area contributed by atoms with Gasteiger partial charge in [-0.1, -0.05) is 42.5 Å². The van der Waals surface area contributed by atoms with Crippen LogP contribution in [-0.2, 0) is 11.2 Å². The summed E-state index contributed by atoms with van der Waals surface area (Å²) in [5.41, 5.74) is 2.96. The van der Waals surface area contributed by atoms with Crippen LogP contribution in [0.4, 0.5) is 4.39 Å². The third kappa shape index (κ3) is 3.27. The molecule has 1 aliphatic rings. The minimum atomic E-state index is -0.253. The van der Waals surface area contributed by atoms with Gasteiger partial charge in [-0.2, -0.15) is 0 Å². The van der Waals surface area contributed by atoms with Crippen LogP contribution in [0.5, 0.6) is 0 Å². The number of Topliss-reactive ketones (excluding diaryl/α,β-unsaturated/α-hetero) is 1. The molecule has 1 unspecified atom stereocenters. The molecule has 2 heteroatoms. The van der Waals surface area contributed by atoms with E-state index < -0.39 is 0 Å². The molecular formula is C19H17FO. The summed E-state index contributed by atoms with van der Waals surface area (Å²) in [7, 11) is 0. The molecular weight excluding hydrogens is 263 g/mol. The lowest BCUT2D eigenvalue weighted by Gasteiger charge is -2.07. The highest BCUT2D eigenvalue weighted by Crippen LogP contribution is 2.30. The van der Waals surface area contributed by atoms with Crippen LogP contribution in [0.25, 0.3) is 6.08 Å². The molecule has 1 aliphatic carbocycles. The molecule has 106 valence electrons. The molecule has 0 N–H and O–H groups in total. The van der Waals surface area contributed by atoms with Crippen molar-refractivity contribution < 1.29 is 9.18 Å². The molecule has 1 saturated carbocycles. The fourth-order valence-corrected chi connectivity index (χ4v) is 2.84. The Morgan fingerprint density at radius 1 is 1.05 bits per heavy atom. The van der Waals surface area contributed by atoms with Crippen molar-refractivity contribution in [2.24, 2.45) is 5.92 Å². The number of ketones is 1. The lowest BCUT2D eigenvalue weighted by Crippen LogP contribution is -2.10. The average molecular weight is 280 g/mol. The fourth-order valence-electron chi connectivity index (χ4n) is 2.84. The maximum atomic E-state index is 12.9. The van der Waals surface area contributed by atoms with E-state index in [1.165, 1.54) is 17.7 Å². The average Bonchev–Trinajstić information content (AvgIpc) is 2.84. The fraction of sp³-hybridized carbons (Fsp3) is 0.211. The van der Waals surface area contributed by atoms with E-state index in [0.717, 1.165) is 30.4 Å². The first-order chi connectivity index (χ1) is 10.2. The summed E-state index contributed by atoms with van der Waals surface area (Å²) in [5.74, 6) is 0.0686. The molecule has 3 rings (SSSR count). The zero-order valence-corrected chi connectivity index (χ0v) is 11.8. The number of hydrogen-bond acceptors (Lipinski definition) is 1. The second-order valence-corrected chi connectivity index (χ2v) is 5.51. The number of carbonyl (C=O) groups is 1. The van der Waals surface area contributed by atoms with Crippen LogP contribution in [-0.4, -0.2) is 5.78 Å². The van der Waals surface area contributed by atoms with Gasteiger partial charge in [0.05, 0.1) is 0 Å². The van der Waals surface area contributed by atoms with Crippen molar-refractivity contribution in [3.63, 3.8) is 0 Å². The minimum absolute atomic E-state index is 0.0825. The van der Waals surface area contributed by atoms with E-state index in [2.05, 4.69) is 12.1 Å². The zero-order chi connectivity index (χ0) is 14.7. The lowest BCUT2D eigenvalue weighted by molar-refractivity contribution is -0.117. The number of allylic oxidation sites excluding steroid dienone is 1. The molecule has 0 radical (unpaired) electrons. The van der Waals surface area contributed by atoms with Crippen LogP contribution in [0.15, 0.2) is 60.2 Å². The van der Waals surface area contributed by atoms with Crippen molar-refractivity contribution >= 4 is 11.9 Å². The van der Waals surface area contributed by atoms with E-state index in [9.17, 15) is 9.18 Å². The zero-order valence-electron chi connectivity index (χ0n) is 11.8. The van der Waals surface area contributed by atoms with Crippen LogP contribution < -0.4 is 0 Å². The summed E-state index contributed by atoms with van der Waals surface area (Å²) in [6, 6.07) is 16.4. The Hall–Kier alpha value is -2.22. The molecule has 0 aromatic heterocycles. The molecule has 0 heterocycles. The Kier molecular flexibility index (Phi) is 3.96. The first-order valence-electron chi connectivity index (χ1n) is 7.26.